The molecule has 1 aliphatic rings. The molecule has 0 spiro atoms. The zero-order valence-corrected chi connectivity index (χ0v) is 16.1. The molecule has 138 valence electrons. The maximum absolute atomic E-state index is 13.0. The molecule has 1 aromatic heterocycles. The van der Waals surface area contributed by atoms with Crippen LogP contribution in [-0.4, -0.2) is 37.8 Å². The third kappa shape index (κ3) is 4.23. The van der Waals surface area contributed by atoms with Crippen LogP contribution in [0.2, 0.25) is 0 Å². The fraction of sp³-hybridized carbons (Fsp3) is 0.316. The van der Waals surface area contributed by atoms with E-state index in [0.29, 0.717) is 23.7 Å². The zero-order valence-electron chi connectivity index (χ0n) is 14.4. The Kier molecular flexibility index (Phi) is 5.90. The predicted molar refractivity (Wildman–Crippen MR) is 104 cm³/mol. The van der Waals surface area contributed by atoms with Gasteiger partial charge in [0, 0.05) is 24.0 Å². The van der Waals surface area contributed by atoms with Gasteiger partial charge in [-0.25, -0.2) is 8.42 Å². The predicted octanol–water partition coefficient (Wildman–Crippen LogP) is 3.26. The van der Waals surface area contributed by atoms with Gasteiger partial charge in [-0.2, -0.15) is 4.31 Å². The normalized spacial score (nSPS) is 18.8. The first-order valence-electron chi connectivity index (χ1n) is 8.59. The topological polar surface area (TPSA) is 66.5 Å². The molecule has 2 heterocycles. The molecule has 0 saturated carbocycles. The molecule has 1 aromatic carbocycles. The van der Waals surface area contributed by atoms with Gasteiger partial charge in [0.1, 0.15) is 4.21 Å². The van der Waals surface area contributed by atoms with E-state index in [0.717, 1.165) is 23.3 Å². The van der Waals surface area contributed by atoms with Crippen LogP contribution in [0, 0.1) is 0 Å². The molecule has 1 unspecified atom stereocenters. The summed E-state index contributed by atoms with van der Waals surface area (Å²) in [6, 6.07) is 13.3. The maximum atomic E-state index is 13.0. The molecule has 1 atom stereocenters. The zero-order chi connectivity index (χ0) is 18.6. The Hall–Kier alpha value is -1.96. The SMILES string of the molecule is C=CC(=O)NC1CCCN(S(=O)(=O)c2ccc(-c3ccccc3)s2)CC1. The Morgan fingerprint density at radius 1 is 1.15 bits per heavy atom. The lowest BCUT2D eigenvalue weighted by molar-refractivity contribution is -0.117. The minimum atomic E-state index is -3.51. The number of sulfonamides is 1. The highest BCUT2D eigenvalue weighted by Gasteiger charge is 2.29. The standard InChI is InChI=1S/C19H22N2O3S2/c1-2-18(22)20-16-9-6-13-21(14-12-16)26(23,24)19-11-10-17(25-19)15-7-4-3-5-8-15/h2-5,7-8,10-11,16H,1,6,9,12-14H2,(H,20,22). The van der Waals surface area contributed by atoms with Gasteiger partial charge in [-0.05, 0) is 43.0 Å². The molecule has 26 heavy (non-hydrogen) atoms. The highest BCUT2D eigenvalue weighted by molar-refractivity contribution is 7.91. The Morgan fingerprint density at radius 3 is 2.65 bits per heavy atom. The summed E-state index contributed by atoms with van der Waals surface area (Å²) in [5.41, 5.74) is 1.02. The summed E-state index contributed by atoms with van der Waals surface area (Å²) in [6.45, 7) is 4.33. The van der Waals surface area contributed by atoms with Gasteiger partial charge >= 0.3 is 0 Å². The molecular formula is C19H22N2O3S2. The van der Waals surface area contributed by atoms with Crippen LogP contribution in [0.3, 0.4) is 0 Å². The van der Waals surface area contributed by atoms with Gasteiger partial charge < -0.3 is 5.32 Å². The van der Waals surface area contributed by atoms with E-state index in [2.05, 4.69) is 11.9 Å². The third-order valence-electron chi connectivity index (χ3n) is 4.45. The maximum Gasteiger partial charge on any atom is 0.252 e. The van der Waals surface area contributed by atoms with Crippen molar-refractivity contribution in [2.75, 3.05) is 13.1 Å². The average molecular weight is 391 g/mol. The van der Waals surface area contributed by atoms with Gasteiger partial charge in [-0.1, -0.05) is 36.9 Å². The van der Waals surface area contributed by atoms with Crippen LogP contribution in [0.1, 0.15) is 19.3 Å². The quantitative estimate of drug-likeness (QED) is 0.797. The Labute approximate surface area is 158 Å². The summed E-state index contributed by atoms with van der Waals surface area (Å²) in [4.78, 5) is 12.4. The highest BCUT2D eigenvalue weighted by Crippen LogP contribution is 2.32. The van der Waals surface area contributed by atoms with Crippen molar-refractivity contribution in [3.05, 3.63) is 55.1 Å². The number of rotatable bonds is 5. The van der Waals surface area contributed by atoms with E-state index in [-0.39, 0.29) is 11.9 Å². The second-order valence-electron chi connectivity index (χ2n) is 6.23. The molecule has 2 aromatic rings. The Balaban J connectivity index is 1.73. The number of benzene rings is 1. The van der Waals surface area contributed by atoms with Crippen LogP contribution in [0.15, 0.2) is 59.3 Å². The van der Waals surface area contributed by atoms with E-state index >= 15 is 0 Å². The van der Waals surface area contributed by atoms with Gasteiger partial charge in [0.05, 0.1) is 0 Å². The summed E-state index contributed by atoms with van der Waals surface area (Å²) in [6.07, 6.45) is 3.34. The number of thiophene rings is 1. The van der Waals surface area contributed by atoms with Gasteiger partial charge in [0.25, 0.3) is 10.0 Å². The molecule has 3 rings (SSSR count). The number of carbonyl (C=O) groups excluding carboxylic acids is 1. The highest BCUT2D eigenvalue weighted by atomic mass is 32.2. The van der Waals surface area contributed by atoms with Crippen molar-refractivity contribution < 1.29 is 13.2 Å². The summed E-state index contributed by atoms with van der Waals surface area (Å²) < 4.78 is 27.9. The Bertz CT molecular complexity index is 875. The lowest BCUT2D eigenvalue weighted by Gasteiger charge is -2.19. The Morgan fingerprint density at radius 2 is 1.92 bits per heavy atom. The monoisotopic (exact) mass is 390 g/mol. The van der Waals surface area contributed by atoms with Crippen molar-refractivity contribution in [1.82, 2.24) is 9.62 Å². The van der Waals surface area contributed by atoms with E-state index in [1.807, 2.05) is 36.4 Å². The minimum absolute atomic E-state index is 0.0103. The fourth-order valence-corrected chi connectivity index (χ4v) is 6.02. The van der Waals surface area contributed by atoms with Crippen molar-refractivity contribution in [3.63, 3.8) is 0 Å². The first-order chi connectivity index (χ1) is 12.5. The number of nitrogens with one attached hydrogen (secondary N) is 1. The largest absolute Gasteiger partial charge is 0.350 e. The first-order valence-corrected chi connectivity index (χ1v) is 10.8. The van der Waals surface area contributed by atoms with E-state index in [9.17, 15) is 13.2 Å². The van der Waals surface area contributed by atoms with Crippen molar-refractivity contribution in [2.45, 2.75) is 29.5 Å². The molecule has 1 aliphatic heterocycles. The molecule has 1 amide bonds. The third-order valence-corrected chi connectivity index (χ3v) is 7.95. The van der Waals surface area contributed by atoms with Crippen LogP contribution >= 0.6 is 11.3 Å². The fourth-order valence-electron chi connectivity index (χ4n) is 3.06. The van der Waals surface area contributed by atoms with Crippen LogP contribution < -0.4 is 5.32 Å². The van der Waals surface area contributed by atoms with E-state index in [1.54, 1.807) is 6.07 Å². The van der Waals surface area contributed by atoms with Crippen molar-refractivity contribution in [3.8, 4) is 10.4 Å². The van der Waals surface area contributed by atoms with E-state index < -0.39 is 10.0 Å². The summed E-state index contributed by atoms with van der Waals surface area (Å²) in [7, 11) is -3.51. The number of carbonyl (C=O) groups is 1. The van der Waals surface area contributed by atoms with Crippen molar-refractivity contribution in [2.24, 2.45) is 0 Å². The van der Waals surface area contributed by atoms with Gasteiger partial charge in [-0.3, -0.25) is 4.79 Å². The molecule has 7 heteroatoms. The number of hydrogen-bond acceptors (Lipinski definition) is 4. The molecular weight excluding hydrogens is 368 g/mol. The minimum Gasteiger partial charge on any atom is -0.350 e. The number of amides is 1. The molecule has 0 bridgehead atoms. The van der Waals surface area contributed by atoms with Crippen LogP contribution in [-0.2, 0) is 14.8 Å². The second-order valence-corrected chi connectivity index (χ2v) is 9.48. The summed E-state index contributed by atoms with van der Waals surface area (Å²) in [5, 5.41) is 2.87. The molecule has 1 fully saturated rings. The van der Waals surface area contributed by atoms with Crippen molar-refractivity contribution >= 4 is 27.3 Å². The van der Waals surface area contributed by atoms with Gasteiger partial charge in [0.15, 0.2) is 0 Å². The summed E-state index contributed by atoms with van der Waals surface area (Å²) >= 11 is 1.30. The van der Waals surface area contributed by atoms with Crippen LogP contribution in [0.4, 0.5) is 0 Å². The van der Waals surface area contributed by atoms with Gasteiger partial charge in [-0.15, -0.1) is 11.3 Å². The van der Waals surface area contributed by atoms with Crippen LogP contribution in [0.25, 0.3) is 10.4 Å². The molecule has 0 aliphatic carbocycles. The summed E-state index contributed by atoms with van der Waals surface area (Å²) in [5.74, 6) is -0.211. The first kappa shape index (κ1) is 18.8. The molecule has 1 saturated heterocycles. The molecule has 0 radical (unpaired) electrons. The van der Waals surface area contributed by atoms with Gasteiger partial charge in [0.2, 0.25) is 5.91 Å². The smallest absolute Gasteiger partial charge is 0.252 e. The molecule has 1 N–H and O–H groups in total. The van der Waals surface area contributed by atoms with E-state index in [1.165, 1.54) is 21.7 Å². The lowest BCUT2D eigenvalue weighted by atomic mass is 10.1. The van der Waals surface area contributed by atoms with Crippen LogP contribution in [0.5, 0.6) is 0 Å². The second kappa shape index (κ2) is 8.16. The van der Waals surface area contributed by atoms with E-state index in [4.69, 9.17) is 0 Å². The number of nitrogens with zero attached hydrogens (tertiary/aromatic N) is 1. The number of hydrogen-bond donors (Lipinski definition) is 1. The van der Waals surface area contributed by atoms with Crippen molar-refractivity contribution in [1.29, 1.82) is 0 Å². The lowest BCUT2D eigenvalue weighted by Crippen LogP contribution is -2.35. The average Bonchev–Trinajstić information content (AvgIpc) is 3.04. The molecule has 5 nitrogen and oxygen atoms in total.